The lowest BCUT2D eigenvalue weighted by Crippen LogP contribution is -2.50. The van der Waals surface area contributed by atoms with E-state index in [4.69, 9.17) is 0 Å². The van der Waals surface area contributed by atoms with Gasteiger partial charge in [-0.2, -0.15) is 9.61 Å². The topological polar surface area (TPSA) is 99.5 Å². The smallest absolute Gasteiger partial charge is 0.260 e. The molecular formula is C15H15N7O2. The fraction of sp³-hybridized carbons (Fsp3) is 0.267. The van der Waals surface area contributed by atoms with Crippen LogP contribution < -0.4 is 10.5 Å². The molecule has 0 saturated carbocycles. The first-order valence-electron chi connectivity index (χ1n) is 7.60. The van der Waals surface area contributed by atoms with E-state index in [1.807, 2.05) is 0 Å². The predicted molar refractivity (Wildman–Crippen MR) is 86.0 cm³/mol. The van der Waals surface area contributed by atoms with Gasteiger partial charge in [-0.15, -0.1) is 0 Å². The Morgan fingerprint density at radius 2 is 2.00 bits per heavy atom. The van der Waals surface area contributed by atoms with Crippen molar-refractivity contribution in [2.75, 3.05) is 31.1 Å². The van der Waals surface area contributed by atoms with Gasteiger partial charge in [0.15, 0.2) is 11.5 Å². The van der Waals surface area contributed by atoms with Crippen LogP contribution in [0.1, 0.15) is 10.4 Å². The van der Waals surface area contributed by atoms with E-state index in [2.05, 4.69) is 25.0 Å². The van der Waals surface area contributed by atoms with E-state index >= 15 is 0 Å². The third-order valence-electron chi connectivity index (χ3n) is 4.11. The second-order valence-corrected chi connectivity index (χ2v) is 5.49. The highest BCUT2D eigenvalue weighted by atomic mass is 16.2. The largest absolute Gasteiger partial charge is 0.352 e. The van der Waals surface area contributed by atoms with Crippen LogP contribution in [-0.4, -0.2) is 61.6 Å². The first kappa shape index (κ1) is 14.4. The van der Waals surface area contributed by atoms with E-state index in [9.17, 15) is 9.59 Å². The maximum absolute atomic E-state index is 12.5. The summed E-state index contributed by atoms with van der Waals surface area (Å²) in [7, 11) is 0. The monoisotopic (exact) mass is 325 g/mol. The van der Waals surface area contributed by atoms with Crippen molar-refractivity contribution in [1.82, 2.24) is 29.5 Å². The Balaban J connectivity index is 1.51. The van der Waals surface area contributed by atoms with E-state index in [1.54, 1.807) is 33.9 Å². The molecule has 1 fully saturated rings. The predicted octanol–water partition coefficient (Wildman–Crippen LogP) is -0.225. The number of amides is 1. The molecule has 0 bridgehead atoms. The summed E-state index contributed by atoms with van der Waals surface area (Å²) < 4.78 is 1.73. The molecule has 1 saturated heterocycles. The molecule has 9 nitrogen and oxygen atoms in total. The fourth-order valence-corrected chi connectivity index (χ4v) is 2.85. The van der Waals surface area contributed by atoms with E-state index in [0.29, 0.717) is 31.8 Å². The fourth-order valence-electron chi connectivity index (χ4n) is 2.85. The number of carbonyl (C=O) groups excluding carboxylic acids is 1. The van der Waals surface area contributed by atoms with E-state index < -0.39 is 0 Å². The van der Waals surface area contributed by atoms with E-state index in [-0.39, 0.29) is 17.0 Å². The van der Waals surface area contributed by atoms with Crippen LogP contribution in [0.5, 0.6) is 0 Å². The number of pyridine rings is 1. The van der Waals surface area contributed by atoms with Crippen LogP contribution in [-0.2, 0) is 0 Å². The van der Waals surface area contributed by atoms with Gasteiger partial charge in [-0.3, -0.25) is 14.6 Å². The van der Waals surface area contributed by atoms with Crippen molar-refractivity contribution in [1.29, 1.82) is 0 Å². The van der Waals surface area contributed by atoms with Gasteiger partial charge < -0.3 is 14.8 Å². The molecule has 122 valence electrons. The molecule has 0 atom stereocenters. The Morgan fingerprint density at radius 3 is 2.79 bits per heavy atom. The number of hydrogen-bond acceptors (Lipinski definition) is 6. The summed E-state index contributed by atoms with van der Waals surface area (Å²) in [5.41, 5.74) is 0.495. The van der Waals surface area contributed by atoms with Gasteiger partial charge in [0.1, 0.15) is 11.9 Å². The Morgan fingerprint density at radius 1 is 1.17 bits per heavy atom. The van der Waals surface area contributed by atoms with E-state index in [0.717, 1.165) is 5.82 Å². The molecule has 0 spiro atoms. The van der Waals surface area contributed by atoms with Crippen LogP contribution in [0.2, 0.25) is 0 Å². The minimum absolute atomic E-state index is 0.172. The lowest BCUT2D eigenvalue weighted by molar-refractivity contribution is 0.0744. The number of anilines is 1. The van der Waals surface area contributed by atoms with Crippen molar-refractivity contribution >= 4 is 17.4 Å². The lowest BCUT2D eigenvalue weighted by Gasteiger charge is -2.35. The minimum atomic E-state index is -0.360. The maximum atomic E-state index is 12.5. The highest BCUT2D eigenvalue weighted by Crippen LogP contribution is 2.16. The van der Waals surface area contributed by atoms with Gasteiger partial charge in [0, 0.05) is 32.4 Å². The summed E-state index contributed by atoms with van der Waals surface area (Å²) in [6.07, 6.45) is 6.39. The van der Waals surface area contributed by atoms with Crippen molar-refractivity contribution in [3.05, 3.63) is 53.0 Å². The average molecular weight is 325 g/mol. The Bertz CT molecular complexity index is 940. The highest BCUT2D eigenvalue weighted by Gasteiger charge is 2.25. The zero-order chi connectivity index (χ0) is 16.5. The number of nitrogens with zero attached hydrogens (tertiary/aromatic N) is 6. The average Bonchev–Trinajstić information content (AvgIpc) is 3.10. The van der Waals surface area contributed by atoms with Crippen LogP contribution in [0, 0.1) is 0 Å². The third-order valence-corrected chi connectivity index (χ3v) is 4.11. The van der Waals surface area contributed by atoms with Gasteiger partial charge in [0.2, 0.25) is 0 Å². The zero-order valence-electron chi connectivity index (χ0n) is 12.8. The number of fused-ring (bicyclic) bond motifs is 1. The number of H-pyrrole nitrogens is 1. The molecule has 1 N–H and O–H groups in total. The second kappa shape index (κ2) is 5.76. The summed E-state index contributed by atoms with van der Waals surface area (Å²) >= 11 is 0. The molecule has 3 aromatic heterocycles. The number of piperazine rings is 1. The molecule has 1 amide bonds. The van der Waals surface area contributed by atoms with Gasteiger partial charge in [-0.05, 0) is 12.1 Å². The number of rotatable bonds is 2. The first-order chi connectivity index (χ1) is 11.7. The number of nitrogens with one attached hydrogen (secondary N) is 1. The zero-order valence-corrected chi connectivity index (χ0v) is 12.8. The summed E-state index contributed by atoms with van der Waals surface area (Å²) in [6.45, 7) is 2.32. The van der Waals surface area contributed by atoms with Crippen LogP contribution in [0.15, 0.2) is 41.8 Å². The molecule has 3 aromatic rings. The van der Waals surface area contributed by atoms with Gasteiger partial charge in [-0.25, -0.2) is 4.98 Å². The van der Waals surface area contributed by atoms with Crippen LogP contribution >= 0.6 is 0 Å². The second-order valence-electron chi connectivity index (χ2n) is 5.49. The number of aromatic nitrogens is 5. The van der Waals surface area contributed by atoms with Crippen molar-refractivity contribution < 1.29 is 4.79 Å². The number of carbonyl (C=O) groups is 1. The normalized spacial score (nSPS) is 15.0. The molecule has 1 aliphatic heterocycles. The van der Waals surface area contributed by atoms with Crippen molar-refractivity contribution in [2.45, 2.75) is 0 Å². The molecule has 4 rings (SSSR count). The standard InChI is InChI=1S/C15H15N7O2/c23-14-11(2-1-3-17-14)15(24)21-6-4-20(5-7-21)13-9-16-8-12-18-10-19-22(12)13/h1-3,8-10H,4-7H2,(H,17,23). The quantitative estimate of drug-likeness (QED) is 0.699. The molecule has 1 aliphatic rings. The summed E-state index contributed by atoms with van der Waals surface area (Å²) in [6, 6.07) is 3.20. The van der Waals surface area contributed by atoms with Crippen LogP contribution in [0.3, 0.4) is 0 Å². The molecule has 4 heterocycles. The summed E-state index contributed by atoms with van der Waals surface area (Å²) in [5.74, 6) is 0.600. The van der Waals surface area contributed by atoms with Crippen molar-refractivity contribution in [3.63, 3.8) is 0 Å². The molecule has 0 aromatic carbocycles. The Hall–Kier alpha value is -3.23. The maximum Gasteiger partial charge on any atom is 0.260 e. The number of aromatic amines is 1. The van der Waals surface area contributed by atoms with Crippen LogP contribution in [0.25, 0.3) is 5.65 Å². The van der Waals surface area contributed by atoms with E-state index in [1.165, 1.54) is 12.5 Å². The molecule has 9 heteroatoms. The number of hydrogen-bond donors (Lipinski definition) is 1. The Labute approximate surface area is 136 Å². The van der Waals surface area contributed by atoms with Gasteiger partial charge >= 0.3 is 0 Å². The van der Waals surface area contributed by atoms with Gasteiger partial charge in [0.25, 0.3) is 11.5 Å². The summed E-state index contributed by atoms with van der Waals surface area (Å²) in [4.78, 5) is 38.9. The van der Waals surface area contributed by atoms with Crippen LogP contribution in [0.4, 0.5) is 5.82 Å². The SMILES string of the molecule is O=C(c1ccc[nH]c1=O)N1CCN(c2cncc3ncnn23)CC1. The molecule has 0 unspecified atom stereocenters. The third kappa shape index (κ3) is 2.39. The molecule has 0 radical (unpaired) electrons. The van der Waals surface area contributed by atoms with Gasteiger partial charge in [0.05, 0.1) is 12.4 Å². The first-order valence-corrected chi connectivity index (χ1v) is 7.60. The van der Waals surface area contributed by atoms with Crippen molar-refractivity contribution in [2.24, 2.45) is 0 Å². The summed E-state index contributed by atoms with van der Waals surface area (Å²) in [5, 5.41) is 4.21. The Kier molecular flexibility index (Phi) is 3.45. The molecule has 0 aliphatic carbocycles. The van der Waals surface area contributed by atoms with Crippen molar-refractivity contribution in [3.8, 4) is 0 Å². The highest BCUT2D eigenvalue weighted by molar-refractivity contribution is 5.93. The molecular weight excluding hydrogens is 310 g/mol. The minimum Gasteiger partial charge on any atom is -0.352 e. The van der Waals surface area contributed by atoms with Gasteiger partial charge in [-0.1, -0.05) is 0 Å². The lowest BCUT2D eigenvalue weighted by atomic mass is 10.2. The molecule has 24 heavy (non-hydrogen) atoms.